The van der Waals surface area contributed by atoms with Gasteiger partial charge in [-0.15, -0.1) is 0 Å². The highest BCUT2D eigenvalue weighted by atomic mass is 32.2. The van der Waals surface area contributed by atoms with E-state index in [1.165, 1.54) is 6.20 Å². The summed E-state index contributed by atoms with van der Waals surface area (Å²) in [6, 6.07) is 3.01. The second kappa shape index (κ2) is 5.67. The number of alkyl halides is 3. The van der Waals surface area contributed by atoms with Crippen molar-refractivity contribution in [3.05, 3.63) is 29.6 Å². The van der Waals surface area contributed by atoms with E-state index in [-0.39, 0.29) is 11.3 Å². The molecule has 1 aliphatic carbocycles. The molecule has 4 rings (SSSR count). The van der Waals surface area contributed by atoms with Gasteiger partial charge in [0.1, 0.15) is 5.69 Å². The minimum atomic E-state index is -4.40. The normalized spacial score (nSPS) is 31.3. The second-order valence-electron chi connectivity index (χ2n) is 7.89. The van der Waals surface area contributed by atoms with Crippen molar-refractivity contribution in [2.75, 3.05) is 24.6 Å². The van der Waals surface area contributed by atoms with Gasteiger partial charge in [-0.3, -0.25) is 9.88 Å². The van der Waals surface area contributed by atoms with E-state index >= 15 is 0 Å². The summed E-state index contributed by atoms with van der Waals surface area (Å²) in [5, 5.41) is 0. The topological polar surface area (TPSA) is 50.3 Å². The molecule has 0 amide bonds. The number of pyridine rings is 1. The van der Waals surface area contributed by atoms with Crippen LogP contribution in [0.2, 0.25) is 0 Å². The average Bonchev–Trinajstić information content (AvgIpc) is 3.12. The molecule has 2 atom stereocenters. The minimum absolute atomic E-state index is 0.0349. The zero-order valence-electron chi connectivity index (χ0n) is 13.8. The third-order valence-electron chi connectivity index (χ3n) is 5.99. The van der Waals surface area contributed by atoms with E-state index < -0.39 is 21.7 Å². The van der Waals surface area contributed by atoms with Gasteiger partial charge in [0.2, 0.25) is 0 Å². The van der Waals surface area contributed by atoms with E-state index in [1.807, 2.05) is 0 Å². The summed E-state index contributed by atoms with van der Waals surface area (Å²) in [6.07, 6.45) is 0.767. The fourth-order valence-corrected chi connectivity index (χ4v) is 7.07. The molecular weight excluding hydrogens is 353 g/mol. The quantitative estimate of drug-likeness (QED) is 0.799. The van der Waals surface area contributed by atoms with Gasteiger partial charge < -0.3 is 0 Å². The van der Waals surface area contributed by atoms with Crippen LogP contribution in [0.25, 0.3) is 0 Å². The highest BCUT2D eigenvalue weighted by molar-refractivity contribution is 7.92. The Balaban J connectivity index is 1.37. The highest BCUT2D eigenvalue weighted by Crippen LogP contribution is 2.45. The largest absolute Gasteiger partial charge is 0.433 e. The summed E-state index contributed by atoms with van der Waals surface area (Å²) >= 11 is 0. The number of nitrogens with zero attached hydrogens (tertiary/aromatic N) is 2. The summed E-state index contributed by atoms with van der Waals surface area (Å²) in [5.74, 6) is 0.867. The number of halogens is 3. The molecule has 0 aromatic carbocycles. The Hall–Kier alpha value is -1.15. The summed E-state index contributed by atoms with van der Waals surface area (Å²) in [6.45, 7) is 1.77. The van der Waals surface area contributed by atoms with Gasteiger partial charge in [0, 0.05) is 24.2 Å². The predicted molar refractivity (Wildman–Crippen MR) is 86.9 cm³/mol. The standard InChI is InChI=1S/C17H21F3N2O2S/c18-17(19,20)15-4-2-13(8-21-15)12-1-3-14(7-12)22-6-5-16(9-22)10-25(23,24)11-16/h2,4,8,12,14H,1,3,5-7,9-11H2. The highest BCUT2D eigenvalue weighted by Gasteiger charge is 2.53. The van der Waals surface area contributed by atoms with Gasteiger partial charge in [0.25, 0.3) is 0 Å². The van der Waals surface area contributed by atoms with Gasteiger partial charge in [0.05, 0.1) is 11.5 Å². The smallest absolute Gasteiger partial charge is 0.300 e. The van der Waals surface area contributed by atoms with Gasteiger partial charge in [0.15, 0.2) is 9.84 Å². The molecule has 2 unspecified atom stereocenters. The lowest BCUT2D eigenvalue weighted by Crippen LogP contribution is -2.50. The Morgan fingerprint density at radius 2 is 1.96 bits per heavy atom. The van der Waals surface area contributed by atoms with Crippen LogP contribution in [0, 0.1) is 5.41 Å². The van der Waals surface area contributed by atoms with Gasteiger partial charge >= 0.3 is 6.18 Å². The predicted octanol–water partition coefficient (Wildman–Crippen LogP) is 2.86. The summed E-state index contributed by atoms with van der Waals surface area (Å²) < 4.78 is 60.9. The van der Waals surface area contributed by atoms with Gasteiger partial charge in [-0.2, -0.15) is 13.2 Å². The number of aromatic nitrogens is 1. The number of sulfone groups is 1. The number of hydrogen-bond donors (Lipinski definition) is 0. The molecule has 0 radical (unpaired) electrons. The zero-order valence-corrected chi connectivity index (χ0v) is 14.6. The molecule has 1 aromatic heterocycles. The van der Waals surface area contributed by atoms with Crippen LogP contribution in [-0.4, -0.2) is 48.9 Å². The Morgan fingerprint density at radius 1 is 1.20 bits per heavy atom. The first-order valence-electron chi connectivity index (χ1n) is 8.64. The van der Waals surface area contributed by atoms with Crippen LogP contribution in [-0.2, 0) is 16.0 Å². The van der Waals surface area contributed by atoms with Crippen LogP contribution in [0.3, 0.4) is 0 Å². The first-order valence-corrected chi connectivity index (χ1v) is 10.5. The molecular formula is C17H21F3N2O2S. The summed E-state index contributed by atoms with van der Waals surface area (Å²) in [7, 11) is -2.82. The van der Waals surface area contributed by atoms with Crippen LogP contribution < -0.4 is 0 Å². The van der Waals surface area contributed by atoms with E-state index in [1.54, 1.807) is 6.07 Å². The lowest BCUT2D eigenvalue weighted by atomic mass is 9.91. The van der Waals surface area contributed by atoms with Crippen LogP contribution >= 0.6 is 0 Å². The molecule has 1 spiro atoms. The lowest BCUT2D eigenvalue weighted by molar-refractivity contribution is -0.141. The number of rotatable bonds is 2. The monoisotopic (exact) mass is 374 g/mol. The Labute approximate surface area is 145 Å². The van der Waals surface area contributed by atoms with E-state index in [9.17, 15) is 21.6 Å². The molecule has 3 fully saturated rings. The molecule has 2 aliphatic heterocycles. The van der Waals surface area contributed by atoms with Crippen molar-refractivity contribution in [2.24, 2.45) is 5.41 Å². The molecule has 1 aromatic rings. The van der Waals surface area contributed by atoms with E-state index in [0.717, 1.165) is 50.4 Å². The molecule has 0 bridgehead atoms. The van der Waals surface area contributed by atoms with Crippen molar-refractivity contribution in [1.82, 2.24) is 9.88 Å². The van der Waals surface area contributed by atoms with E-state index in [2.05, 4.69) is 9.88 Å². The maximum absolute atomic E-state index is 12.6. The zero-order chi connectivity index (χ0) is 17.9. The summed E-state index contributed by atoms with van der Waals surface area (Å²) in [4.78, 5) is 5.97. The van der Waals surface area contributed by atoms with Crippen molar-refractivity contribution >= 4 is 9.84 Å². The van der Waals surface area contributed by atoms with Crippen LogP contribution in [0.1, 0.15) is 42.9 Å². The second-order valence-corrected chi connectivity index (χ2v) is 9.96. The first kappa shape index (κ1) is 17.3. The van der Waals surface area contributed by atoms with Crippen LogP contribution in [0.15, 0.2) is 18.3 Å². The van der Waals surface area contributed by atoms with Crippen molar-refractivity contribution < 1.29 is 21.6 Å². The minimum Gasteiger partial charge on any atom is -0.300 e. The molecule has 25 heavy (non-hydrogen) atoms. The molecule has 138 valence electrons. The summed E-state index contributed by atoms with van der Waals surface area (Å²) in [5.41, 5.74) is -0.0126. The first-order chi connectivity index (χ1) is 11.7. The molecule has 8 heteroatoms. The number of likely N-dealkylation sites (tertiary alicyclic amines) is 1. The van der Waals surface area contributed by atoms with Crippen LogP contribution in [0.4, 0.5) is 13.2 Å². The third-order valence-corrected chi connectivity index (χ3v) is 8.09. The molecule has 2 saturated heterocycles. The maximum atomic E-state index is 12.6. The maximum Gasteiger partial charge on any atom is 0.433 e. The molecule has 3 aliphatic rings. The fourth-order valence-electron chi connectivity index (χ4n) is 4.81. The molecule has 3 heterocycles. The Morgan fingerprint density at radius 3 is 2.56 bits per heavy atom. The molecule has 4 nitrogen and oxygen atoms in total. The van der Waals surface area contributed by atoms with Crippen molar-refractivity contribution in [3.63, 3.8) is 0 Å². The van der Waals surface area contributed by atoms with Crippen molar-refractivity contribution in [3.8, 4) is 0 Å². The third kappa shape index (κ3) is 3.30. The average molecular weight is 374 g/mol. The van der Waals surface area contributed by atoms with Gasteiger partial charge in [-0.1, -0.05) is 6.07 Å². The molecule has 1 saturated carbocycles. The van der Waals surface area contributed by atoms with Crippen molar-refractivity contribution in [2.45, 2.75) is 43.8 Å². The fraction of sp³-hybridized carbons (Fsp3) is 0.706. The Kier molecular flexibility index (Phi) is 3.92. The van der Waals surface area contributed by atoms with Gasteiger partial charge in [-0.05, 0) is 49.8 Å². The van der Waals surface area contributed by atoms with Gasteiger partial charge in [-0.25, -0.2) is 8.42 Å². The number of hydrogen-bond acceptors (Lipinski definition) is 4. The Bertz CT molecular complexity index is 749. The SMILES string of the molecule is O=S1(=O)CC2(CCN(C3CCC(c4ccc(C(F)(F)F)nc4)C3)C2)C1. The van der Waals surface area contributed by atoms with Crippen molar-refractivity contribution in [1.29, 1.82) is 0 Å². The molecule has 0 N–H and O–H groups in total. The van der Waals surface area contributed by atoms with E-state index in [4.69, 9.17) is 0 Å². The van der Waals surface area contributed by atoms with Crippen LogP contribution in [0.5, 0.6) is 0 Å². The lowest BCUT2D eigenvalue weighted by Gasteiger charge is -2.38. The van der Waals surface area contributed by atoms with E-state index in [0.29, 0.717) is 17.5 Å².